The summed E-state index contributed by atoms with van der Waals surface area (Å²) < 4.78 is 48.3. The van der Waals surface area contributed by atoms with Crippen molar-refractivity contribution in [1.82, 2.24) is 0 Å². The molecule has 0 spiro atoms. The Hall–Kier alpha value is -2.70. The van der Waals surface area contributed by atoms with Crippen molar-refractivity contribution in [3.05, 3.63) is 53.6 Å². The lowest BCUT2D eigenvalue weighted by Gasteiger charge is -2.13. The van der Waals surface area contributed by atoms with Crippen LogP contribution in [0.5, 0.6) is 11.5 Å². The van der Waals surface area contributed by atoms with Crippen LogP contribution in [0.15, 0.2) is 42.5 Å². The SMILES string of the molecule is COc1ccc(C(=O)Nc2cc(C(F)(F)F)ccc2OC)cc1. The van der Waals surface area contributed by atoms with Crippen molar-refractivity contribution >= 4 is 11.6 Å². The van der Waals surface area contributed by atoms with E-state index in [1.807, 2.05) is 0 Å². The van der Waals surface area contributed by atoms with Gasteiger partial charge in [-0.3, -0.25) is 4.79 Å². The number of alkyl halides is 3. The highest BCUT2D eigenvalue weighted by Crippen LogP contribution is 2.35. The van der Waals surface area contributed by atoms with Gasteiger partial charge in [0, 0.05) is 5.56 Å². The molecule has 0 aliphatic heterocycles. The molecule has 2 rings (SSSR count). The second kappa shape index (κ2) is 6.60. The van der Waals surface area contributed by atoms with Crippen LogP contribution in [0.4, 0.5) is 18.9 Å². The molecule has 4 nitrogen and oxygen atoms in total. The number of carbonyl (C=O) groups is 1. The zero-order valence-corrected chi connectivity index (χ0v) is 12.4. The Bertz CT molecular complexity index is 697. The Labute approximate surface area is 130 Å². The standard InChI is InChI=1S/C16H14F3NO3/c1-22-12-6-3-10(4-7-12)15(21)20-13-9-11(16(17,18)19)5-8-14(13)23-2/h3-9H,1-2H3,(H,20,21). The van der Waals surface area contributed by atoms with Crippen LogP contribution < -0.4 is 14.8 Å². The van der Waals surface area contributed by atoms with E-state index in [1.165, 1.54) is 26.4 Å². The number of carbonyl (C=O) groups excluding carboxylic acids is 1. The number of nitrogens with one attached hydrogen (secondary N) is 1. The average molecular weight is 325 g/mol. The summed E-state index contributed by atoms with van der Waals surface area (Å²) in [5.74, 6) is 0.156. The Morgan fingerprint density at radius 2 is 1.65 bits per heavy atom. The van der Waals surface area contributed by atoms with E-state index in [9.17, 15) is 18.0 Å². The maximum absolute atomic E-state index is 12.8. The van der Waals surface area contributed by atoms with Crippen LogP contribution in [0.25, 0.3) is 0 Å². The van der Waals surface area contributed by atoms with Gasteiger partial charge >= 0.3 is 6.18 Å². The fraction of sp³-hybridized carbons (Fsp3) is 0.188. The van der Waals surface area contributed by atoms with Gasteiger partial charge < -0.3 is 14.8 Å². The van der Waals surface area contributed by atoms with E-state index < -0.39 is 17.6 Å². The molecule has 122 valence electrons. The van der Waals surface area contributed by atoms with Gasteiger partial charge in [-0.05, 0) is 42.5 Å². The Kier molecular flexibility index (Phi) is 4.78. The molecule has 2 aromatic rings. The highest BCUT2D eigenvalue weighted by Gasteiger charge is 2.31. The quantitative estimate of drug-likeness (QED) is 0.925. The smallest absolute Gasteiger partial charge is 0.416 e. The van der Waals surface area contributed by atoms with Crippen LogP contribution in [0.1, 0.15) is 15.9 Å². The molecule has 0 heterocycles. The van der Waals surface area contributed by atoms with Crippen LogP contribution in [0.3, 0.4) is 0 Å². The summed E-state index contributed by atoms with van der Waals surface area (Å²) in [4.78, 5) is 12.2. The minimum Gasteiger partial charge on any atom is -0.497 e. The van der Waals surface area contributed by atoms with E-state index >= 15 is 0 Å². The van der Waals surface area contributed by atoms with Crippen LogP contribution in [0, 0.1) is 0 Å². The number of hydrogen-bond donors (Lipinski definition) is 1. The maximum Gasteiger partial charge on any atom is 0.416 e. The zero-order valence-electron chi connectivity index (χ0n) is 12.4. The highest BCUT2D eigenvalue weighted by atomic mass is 19.4. The van der Waals surface area contributed by atoms with Gasteiger partial charge in [-0.2, -0.15) is 13.2 Å². The van der Waals surface area contributed by atoms with Crippen molar-refractivity contribution in [3.63, 3.8) is 0 Å². The van der Waals surface area contributed by atoms with Gasteiger partial charge in [-0.25, -0.2) is 0 Å². The van der Waals surface area contributed by atoms with Crippen LogP contribution in [0.2, 0.25) is 0 Å². The zero-order chi connectivity index (χ0) is 17.0. The van der Waals surface area contributed by atoms with Crippen molar-refractivity contribution in [2.75, 3.05) is 19.5 Å². The molecule has 0 fully saturated rings. The Morgan fingerprint density at radius 3 is 2.17 bits per heavy atom. The molecule has 7 heteroatoms. The topological polar surface area (TPSA) is 47.6 Å². The van der Waals surface area contributed by atoms with Gasteiger partial charge in [0.15, 0.2) is 0 Å². The third kappa shape index (κ3) is 3.94. The number of ether oxygens (including phenoxy) is 2. The molecule has 0 bridgehead atoms. The molecular weight excluding hydrogens is 311 g/mol. The predicted molar refractivity (Wildman–Crippen MR) is 78.9 cm³/mol. The highest BCUT2D eigenvalue weighted by molar-refractivity contribution is 6.05. The molecule has 1 amide bonds. The summed E-state index contributed by atoms with van der Waals surface area (Å²) in [6.45, 7) is 0. The van der Waals surface area contributed by atoms with E-state index in [4.69, 9.17) is 9.47 Å². The first-order valence-electron chi connectivity index (χ1n) is 6.56. The third-order valence-corrected chi connectivity index (χ3v) is 3.13. The first-order valence-corrected chi connectivity index (χ1v) is 6.56. The lowest BCUT2D eigenvalue weighted by Crippen LogP contribution is -2.14. The Balaban J connectivity index is 2.28. The van der Waals surface area contributed by atoms with Crippen molar-refractivity contribution in [1.29, 1.82) is 0 Å². The number of benzene rings is 2. The lowest BCUT2D eigenvalue weighted by atomic mass is 10.1. The number of amides is 1. The first-order chi connectivity index (χ1) is 10.8. The lowest BCUT2D eigenvalue weighted by molar-refractivity contribution is -0.137. The molecule has 0 atom stereocenters. The molecule has 0 aromatic heterocycles. The molecular formula is C16H14F3NO3. The fourth-order valence-corrected chi connectivity index (χ4v) is 1.92. The van der Waals surface area contributed by atoms with E-state index in [0.29, 0.717) is 5.75 Å². The van der Waals surface area contributed by atoms with Gasteiger partial charge in [0.2, 0.25) is 0 Å². The van der Waals surface area contributed by atoms with Gasteiger partial charge in [0.1, 0.15) is 11.5 Å². The molecule has 2 aromatic carbocycles. The number of halogens is 3. The van der Waals surface area contributed by atoms with Crippen LogP contribution in [-0.4, -0.2) is 20.1 Å². The van der Waals surface area contributed by atoms with Crippen molar-refractivity contribution in [2.24, 2.45) is 0 Å². The molecule has 0 aliphatic rings. The summed E-state index contributed by atoms with van der Waals surface area (Å²) in [5.41, 5.74) is -0.642. The van der Waals surface area contributed by atoms with E-state index in [0.717, 1.165) is 18.2 Å². The maximum atomic E-state index is 12.8. The summed E-state index contributed by atoms with van der Waals surface area (Å²) in [6.07, 6.45) is -4.51. The van der Waals surface area contributed by atoms with E-state index in [1.54, 1.807) is 12.1 Å². The van der Waals surface area contributed by atoms with E-state index in [2.05, 4.69) is 5.32 Å². The molecule has 0 unspecified atom stereocenters. The monoisotopic (exact) mass is 325 g/mol. The summed E-state index contributed by atoms with van der Waals surface area (Å²) >= 11 is 0. The number of anilines is 1. The van der Waals surface area contributed by atoms with Gasteiger partial charge in [0.25, 0.3) is 5.91 Å². The summed E-state index contributed by atoms with van der Waals surface area (Å²) in [6, 6.07) is 9.06. The fourth-order valence-electron chi connectivity index (χ4n) is 1.92. The molecule has 0 aliphatic carbocycles. The van der Waals surface area contributed by atoms with Crippen molar-refractivity contribution in [3.8, 4) is 11.5 Å². The predicted octanol–water partition coefficient (Wildman–Crippen LogP) is 3.97. The summed E-state index contributed by atoms with van der Waals surface area (Å²) in [7, 11) is 2.80. The Morgan fingerprint density at radius 1 is 1.00 bits per heavy atom. The second-order valence-corrected chi connectivity index (χ2v) is 4.60. The van der Waals surface area contributed by atoms with Crippen molar-refractivity contribution in [2.45, 2.75) is 6.18 Å². The summed E-state index contributed by atoms with van der Waals surface area (Å²) in [5, 5.41) is 2.42. The second-order valence-electron chi connectivity index (χ2n) is 4.60. The van der Waals surface area contributed by atoms with Gasteiger partial charge in [-0.1, -0.05) is 0 Å². The van der Waals surface area contributed by atoms with E-state index in [-0.39, 0.29) is 17.0 Å². The number of hydrogen-bond acceptors (Lipinski definition) is 3. The molecule has 1 N–H and O–H groups in total. The number of methoxy groups -OCH3 is 2. The molecule has 0 saturated heterocycles. The van der Waals surface area contributed by atoms with Gasteiger partial charge in [-0.15, -0.1) is 0 Å². The third-order valence-electron chi connectivity index (χ3n) is 3.13. The van der Waals surface area contributed by atoms with Gasteiger partial charge in [0.05, 0.1) is 25.5 Å². The van der Waals surface area contributed by atoms with Crippen molar-refractivity contribution < 1.29 is 27.4 Å². The van der Waals surface area contributed by atoms with Crippen LogP contribution >= 0.6 is 0 Å². The first kappa shape index (κ1) is 16.7. The molecule has 0 radical (unpaired) electrons. The van der Waals surface area contributed by atoms with Crippen LogP contribution in [-0.2, 0) is 6.18 Å². The average Bonchev–Trinajstić information content (AvgIpc) is 2.54. The largest absolute Gasteiger partial charge is 0.497 e. The normalized spacial score (nSPS) is 11.0. The minimum atomic E-state index is -4.51. The number of rotatable bonds is 4. The molecule has 23 heavy (non-hydrogen) atoms. The minimum absolute atomic E-state index is 0.0526. The molecule has 0 saturated carbocycles.